The molecule has 0 aliphatic heterocycles. The number of nitrogens with one attached hydrogen (secondary N) is 1. The molecule has 0 aliphatic carbocycles. The van der Waals surface area contributed by atoms with E-state index >= 15 is 0 Å². The second kappa shape index (κ2) is 6.68. The van der Waals surface area contributed by atoms with Crippen LogP contribution in [0.3, 0.4) is 0 Å². The van der Waals surface area contributed by atoms with Crippen molar-refractivity contribution in [1.29, 1.82) is 0 Å². The molecule has 1 N–H and O–H groups in total. The average molecular weight is 369 g/mol. The first kappa shape index (κ1) is 16.4. The lowest BCUT2D eigenvalue weighted by atomic mass is 10.2. The van der Waals surface area contributed by atoms with Gasteiger partial charge in [-0.15, -0.1) is 0 Å². The maximum atomic E-state index is 13.6. The molecule has 0 bridgehead atoms. The molecule has 130 valence electrons. The van der Waals surface area contributed by atoms with Gasteiger partial charge in [-0.2, -0.15) is 0 Å². The van der Waals surface area contributed by atoms with Gasteiger partial charge < -0.3 is 5.32 Å². The average Bonchev–Trinajstić information content (AvgIpc) is 3.21. The van der Waals surface area contributed by atoms with Gasteiger partial charge >= 0.3 is 0 Å². The number of hydrogen-bond acceptors (Lipinski definition) is 3. The molecule has 2 aromatic heterocycles. The van der Waals surface area contributed by atoms with Crippen LogP contribution in [0.25, 0.3) is 15.4 Å². The first-order valence-electron chi connectivity index (χ1n) is 7.87. The van der Waals surface area contributed by atoms with Crippen LogP contribution in [-0.2, 0) is 6.54 Å². The molecule has 26 heavy (non-hydrogen) atoms. The summed E-state index contributed by atoms with van der Waals surface area (Å²) in [6.07, 6.45) is 3.50. The van der Waals surface area contributed by atoms with Crippen LogP contribution in [0.5, 0.6) is 0 Å². The van der Waals surface area contributed by atoms with Gasteiger partial charge in [0.15, 0.2) is 4.96 Å². The molecule has 2 aromatic carbocycles. The van der Waals surface area contributed by atoms with Gasteiger partial charge in [0, 0.05) is 24.5 Å². The lowest BCUT2D eigenvalue weighted by Crippen LogP contribution is -2.24. The number of nitrogens with zero attached hydrogens (tertiary/aromatic N) is 2. The lowest BCUT2D eigenvalue weighted by Gasteiger charge is -2.05. The summed E-state index contributed by atoms with van der Waals surface area (Å²) in [5.74, 6) is -1.86. The Kier molecular flexibility index (Phi) is 4.22. The highest BCUT2D eigenvalue weighted by atomic mass is 32.1. The highest BCUT2D eigenvalue weighted by Gasteiger charge is 2.15. The zero-order valence-electron chi connectivity index (χ0n) is 13.4. The fourth-order valence-electron chi connectivity index (χ4n) is 2.60. The molecule has 0 radical (unpaired) electrons. The number of benzene rings is 2. The third-order valence-corrected chi connectivity index (χ3v) is 4.98. The molecule has 4 nitrogen and oxygen atoms in total. The standard InChI is InChI=1S/C19H13F2N3OS/c20-14-7-4-8-15(21)13(14)9-22-18(25)16-10-24-11-17(26-19(24)23-16)12-5-2-1-3-6-12/h1-8,10-11H,9H2,(H,22,25). The minimum absolute atomic E-state index is 0.173. The number of amides is 1. The van der Waals surface area contributed by atoms with Crippen molar-refractivity contribution < 1.29 is 13.6 Å². The van der Waals surface area contributed by atoms with Gasteiger partial charge in [0.25, 0.3) is 5.91 Å². The maximum absolute atomic E-state index is 13.6. The Morgan fingerprint density at radius 2 is 1.77 bits per heavy atom. The molecule has 4 aromatic rings. The number of carbonyl (C=O) groups excluding carboxylic acids is 1. The van der Waals surface area contributed by atoms with Crippen molar-refractivity contribution in [3.05, 3.63) is 83.8 Å². The summed E-state index contributed by atoms with van der Waals surface area (Å²) in [4.78, 5) is 18.2. The van der Waals surface area contributed by atoms with Crippen molar-refractivity contribution >= 4 is 22.2 Å². The van der Waals surface area contributed by atoms with E-state index in [-0.39, 0.29) is 17.8 Å². The quantitative estimate of drug-likeness (QED) is 0.584. The Hall–Kier alpha value is -3.06. The Bertz CT molecular complexity index is 1040. The molecule has 4 rings (SSSR count). The second-order valence-corrected chi connectivity index (χ2v) is 6.67. The van der Waals surface area contributed by atoms with Crippen molar-refractivity contribution in [1.82, 2.24) is 14.7 Å². The van der Waals surface area contributed by atoms with Gasteiger partial charge in [0.1, 0.15) is 17.3 Å². The number of rotatable bonds is 4. The van der Waals surface area contributed by atoms with E-state index in [1.165, 1.54) is 17.4 Å². The van der Waals surface area contributed by atoms with Crippen molar-refractivity contribution in [2.75, 3.05) is 0 Å². The third-order valence-electron chi connectivity index (χ3n) is 3.93. The van der Waals surface area contributed by atoms with Crippen LogP contribution in [0.15, 0.2) is 60.9 Å². The number of carbonyl (C=O) groups is 1. The van der Waals surface area contributed by atoms with E-state index in [2.05, 4.69) is 10.3 Å². The van der Waals surface area contributed by atoms with Crippen molar-refractivity contribution in [3.8, 4) is 10.4 Å². The van der Waals surface area contributed by atoms with Crippen molar-refractivity contribution in [2.45, 2.75) is 6.54 Å². The van der Waals surface area contributed by atoms with Crippen LogP contribution >= 0.6 is 11.3 Å². The van der Waals surface area contributed by atoms with Gasteiger partial charge in [-0.1, -0.05) is 47.7 Å². The minimum atomic E-state index is -0.691. The van der Waals surface area contributed by atoms with Gasteiger partial charge in [0.05, 0.1) is 4.88 Å². The fourth-order valence-corrected chi connectivity index (χ4v) is 3.57. The molecule has 0 saturated heterocycles. The highest BCUT2D eigenvalue weighted by molar-refractivity contribution is 7.20. The molecule has 0 fully saturated rings. The lowest BCUT2D eigenvalue weighted by molar-refractivity contribution is 0.0946. The summed E-state index contributed by atoms with van der Waals surface area (Å²) in [6.45, 7) is -0.238. The zero-order chi connectivity index (χ0) is 18.1. The van der Waals surface area contributed by atoms with E-state index in [0.29, 0.717) is 4.96 Å². The molecular formula is C19H13F2N3OS. The van der Waals surface area contributed by atoms with Gasteiger partial charge in [-0.05, 0) is 17.7 Å². The molecular weight excluding hydrogens is 356 g/mol. The van der Waals surface area contributed by atoms with Gasteiger partial charge in [-0.3, -0.25) is 9.20 Å². The predicted molar refractivity (Wildman–Crippen MR) is 96.0 cm³/mol. The smallest absolute Gasteiger partial charge is 0.271 e. The van der Waals surface area contributed by atoms with E-state index < -0.39 is 17.5 Å². The van der Waals surface area contributed by atoms with Crippen molar-refractivity contribution in [2.24, 2.45) is 0 Å². The Labute approximate surface area is 151 Å². The van der Waals surface area contributed by atoms with E-state index in [0.717, 1.165) is 22.6 Å². The van der Waals surface area contributed by atoms with Crippen LogP contribution in [0, 0.1) is 11.6 Å². The van der Waals surface area contributed by atoms with E-state index in [9.17, 15) is 13.6 Å². The highest BCUT2D eigenvalue weighted by Crippen LogP contribution is 2.28. The molecule has 2 heterocycles. The van der Waals surface area contributed by atoms with Crippen molar-refractivity contribution in [3.63, 3.8) is 0 Å². The van der Waals surface area contributed by atoms with E-state index in [1.54, 1.807) is 10.6 Å². The van der Waals surface area contributed by atoms with Crippen LogP contribution in [0.1, 0.15) is 16.1 Å². The molecule has 0 saturated carbocycles. The summed E-state index contributed by atoms with van der Waals surface area (Å²) >= 11 is 1.46. The van der Waals surface area contributed by atoms with Crippen LogP contribution < -0.4 is 5.32 Å². The predicted octanol–water partition coefficient (Wildman–Crippen LogP) is 4.27. The number of aromatic nitrogens is 2. The normalized spacial score (nSPS) is 11.0. The number of hydrogen-bond donors (Lipinski definition) is 1. The Morgan fingerprint density at radius 3 is 2.46 bits per heavy atom. The summed E-state index contributed by atoms with van der Waals surface area (Å²) in [6, 6.07) is 13.5. The second-order valence-electron chi connectivity index (χ2n) is 5.66. The topological polar surface area (TPSA) is 46.4 Å². The summed E-state index contributed by atoms with van der Waals surface area (Å²) in [7, 11) is 0. The SMILES string of the molecule is O=C(NCc1c(F)cccc1F)c1cn2cc(-c3ccccc3)sc2n1. The largest absolute Gasteiger partial charge is 0.346 e. The van der Waals surface area contributed by atoms with E-state index in [4.69, 9.17) is 0 Å². The minimum Gasteiger partial charge on any atom is -0.346 e. The molecule has 0 atom stereocenters. The van der Waals surface area contributed by atoms with Crippen LogP contribution in [0.4, 0.5) is 8.78 Å². The monoisotopic (exact) mass is 369 g/mol. The van der Waals surface area contributed by atoms with Gasteiger partial charge in [-0.25, -0.2) is 13.8 Å². The number of thiazole rings is 1. The Morgan fingerprint density at radius 1 is 1.04 bits per heavy atom. The molecule has 0 spiro atoms. The Balaban J connectivity index is 1.52. The van der Waals surface area contributed by atoms with Crippen LogP contribution in [0.2, 0.25) is 0 Å². The summed E-state index contributed by atoms with van der Waals surface area (Å²) < 4.78 is 29.0. The fraction of sp³-hybridized carbons (Fsp3) is 0.0526. The number of halogens is 2. The molecule has 1 amide bonds. The van der Waals surface area contributed by atoms with Gasteiger partial charge in [0.2, 0.25) is 0 Å². The number of fused-ring (bicyclic) bond motifs is 1. The summed E-state index contributed by atoms with van der Waals surface area (Å²) in [5, 5.41) is 2.50. The molecule has 0 unspecified atom stereocenters. The molecule has 0 aliphatic rings. The first-order valence-corrected chi connectivity index (χ1v) is 8.68. The summed E-state index contributed by atoms with van der Waals surface area (Å²) in [5.41, 5.74) is 1.10. The molecule has 7 heteroatoms. The third kappa shape index (κ3) is 3.09. The van der Waals surface area contributed by atoms with Crippen LogP contribution in [-0.4, -0.2) is 15.3 Å². The first-order chi connectivity index (χ1) is 12.6. The zero-order valence-corrected chi connectivity index (χ0v) is 14.3. The van der Waals surface area contributed by atoms with E-state index in [1.807, 2.05) is 36.5 Å². The maximum Gasteiger partial charge on any atom is 0.271 e. The number of imidazole rings is 1.